The molecule has 0 unspecified atom stereocenters. The molecule has 2 aromatic rings. The first-order chi connectivity index (χ1) is 12.4. The quantitative estimate of drug-likeness (QED) is 0.774. The van der Waals surface area contributed by atoms with E-state index in [2.05, 4.69) is 0 Å². The van der Waals surface area contributed by atoms with Crippen molar-refractivity contribution in [3.05, 3.63) is 53.3 Å². The van der Waals surface area contributed by atoms with E-state index in [-0.39, 0.29) is 28.8 Å². The van der Waals surface area contributed by atoms with E-state index in [1.807, 2.05) is 11.8 Å². The number of hydrogen-bond donors (Lipinski definition) is 0. The molecule has 0 radical (unpaired) electrons. The van der Waals surface area contributed by atoms with Gasteiger partial charge in [-0.1, -0.05) is 23.7 Å². The van der Waals surface area contributed by atoms with Crippen LogP contribution in [0.4, 0.5) is 10.1 Å². The molecule has 1 aliphatic heterocycles. The van der Waals surface area contributed by atoms with E-state index in [1.165, 1.54) is 22.5 Å². The molecule has 1 heterocycles. The van der Waals surface area contributed by atoms with Crippen molar-refractivity contribution in [3.8, 4) is 5.75 Å². The molecule has 0 spiro atoms. The van der Waals surface area contributed by atoms with Gasteiger partial charge in [-0.15, -0.1) is 0 Å². The molecule has 1 saturated heterocycles. The summed E-state index contributed by atoms with van der Waals surface area (Å²) in [4.78, 5) is 1.98. The lowest BCUT2D eigenvalue weighted by Crippen LogP contribution is -2.48. The molecule has 140 valence electrons. The topological polar surface area (TPSA) is 49.9 Å². The standard InChI is InChI=1S/C18H20ClFN2O3S/c1-2-25-18-8-7-14(13-15(18)19)26(23,24)22-11-9-21(10-12-22)17-6-4-3-5-16(17)20/h3-8,13H,2,9-12H2,1H3. The van der Waals surface area contributed by atoms with Crippen LogP contribution in [0.1, 0.15) is 6.92 Å². The maximum atomic E-state index is 13.9. The van der Waals surface area contributed by atoms with Crippen LogP contribution < -0.4 is 9.64 Å². The van der Waals surface area contributed by atoms with Gasteiger partial charge in [0, 0.05) is 26.2 Å². The summed E-state index contributed by atoms with van der Waals surface area (Å²) in [6.07, 6.45) is 0. The molecule has 2 aromatic carbocycles. The van der Waals surface area contributed by atoms with Crippen LogP contribution in [-0.4, -0.2) is 45.5 Å². The third kappa shape index (κ3) is 3.79. The molecular weight excluding hydrogens is 379 g/mol. The van der Waals surface area contributed by atoms with Crippen LogP contribution in [0.15, 0.2) is 47.4 Å². The van der Waals surface area contributed by atoms with Crippen LogP contribution in [0, 0.1) is 5.82 Å². The Morgan fingerprint density at radius 2 is 1.81 bits per heavy atom. The summed E-state index contributed by atoms with van der Waals surface area (Å²) in [5.74, 6) is 0.152. The van der Waals surface area contributed by atoms with Crippen molar-refractivity contribution >= 4 is 27.3 Å². The van der Waals surface area contributed by atoms with Crippen LogP contribution in [0.25, 0.3) is 0 Å². The maximum Gasteiger partial charge on any atom is 0.243 e. The Morgan fingerprint density at radius 1 is 1.12 bits per heavy atom. The molecule has 1 fully saturated rings. The van der Waals surface area contributed by atoms with Gasteiger partial charge in [0.05, 0.1) is 22.2 Å². The van der Waals surface area contributed by atoms with Crippen molar-refractivity contribution in [2.24, 2.45) is 0 Å². The second kappa shape index (κ2) is 7.82. The van der Waals surface area contributed by atoms with Crippen LogP contribution in [0.3, 0.4) is 0 Å². The fourth-order valence-corrected chi connectivity index (χ4v) is 4.69. The lowest BCUT2D eigenvalue weighted by atomic mass is 10.2. The number of sulfonamides is 1. The van der Waals surface area contributed by atoms with Gasteiger partial charge in [0.25, 0.3) is 0 Å². The number of piperazine rings is 1. The molecule has 26 heavy (non-hydrogen) atoms. The number of rotatable bonds is 5. The minimum Gasteiger partial charge on any atom is -0.492 e. The Bertz CT molecular complexity index is 884. The molecule has 0 aromatic heterocycles. The van der Waals surface area contributed by atoms with Crippen LogP contribution >= 0.6 is 11.6 Å². The van der Waals surface area contributed by atoms with E-state index in [9.17, 15) is 12.8 Å². The number of benzene rings is 2. The Balaban J connectivity index is 1.74. The number of halogens is 2. The van der Waals surface area contributed by atoms with Gasteiger partial charge in [-0.25, -0.2) is 12.8 Å². The van der Waals surface area contributed by atoms with E-state index in [1.54, 1.807) is 24.3 Å². The Morgan fingerprint density at radius 3 is 2.42 bits per heavy atom. The summed E-state index contributed by atoms with van der Waals surface area (Å²) in [6.45, 7) is 3.68. The van der Waals surface area contributed by atoms with Crippen molar-refractivity contribution in [2.45, 2.75) is 11.8 Å². The molecule has 1 aliphatic rings. The van der Waals surface area contributed by atoms with Crippen molar-refractivity contribution in [1.29, 1.82) is 0 Å². The second-order valence-electron chi connectivity index (χ2n) is 5.87. The number of para-hydroxylation sites is 1. The first kappa shape index (κ1) is 18.9. The normalized spacial score (nSPS) is 15.9. The summed E-state index contributed by atoms with van der Waals surface area (Å²) in [5, 5.41) is 0.262. The average Bonchev–Trinajstić information content (AvgIpc) is 2.64. The molecule has 0 amide bonds. The van der Waals surface area contributed by atoms with E-state index in [0.717, 1.165) is 0 Å². The predicted molar refractivity (Wildman–Crippen MR) is 100.0 cm³/mol. The lowest BCUT2D eigenvalue weighted by molar-refractivity contribution is 0.340. The Labute approximate surface area is 158 Å². The second-order valence-corrected chi connectivity index (χ2v) is 8.21. The van der Waals surface area contributed by atoms with Gasteiger partial charge >= 0.3 is 0 Å². The summed E-state index contributed by atoms with van der Waals surface area (Å²) >= 11 is 6.12. The molecule has 8 heteroatoms. The zero-order chi connectivity index (χ0) is 18.7. The minimum atomic E-state index is -3.66. The SMILES string of the molecule is CCOc1ccc(S(=O)(=O)N2CCN(c3ccccc3F)CC2)cc1Cl. The fraction of sp³-hybridized carbons (Fsp3) is 0.333. The molecular formula is C18H20ClFN2O3S. The summed E-state index contributed by atoms with van der Waals surface area (Å²) < 4.78 is 46.4. The summed E-state index contributed by atoms with van der Waals surface area (Å²) in [5.41, 5.74) is 0.494. The summed E-state index contributed by atoms with van der Waals surface area (Å²) in [7, 11) is -3.66. The fourth-order valence-electron chi connectivity index (χ4n) is 2.94. The van der Waals surface area contributed by atoms with Gasteiger partial charge in [0.2, 0.25) is 10.0 Å². The molecule has 0 aliphatic carbocycles. The number of anilines is 1. The van der Waals surface area contributed by atoms with E-state index in [4.69, 9.17) is 16.3 Å². The van der Waals surface area contributed by atoms with Gasteiger partial charge in [-0.2, -0.15) is 4.31 Å². The van der Waals surface area contributed by atoms with Gasteiger partial charge in [-0.05, 0) is 37.3 Å². The van der Waals surface area contributed by atoms with Gasteiger partial charge in [-0.3, -0.25) is 0 Å². The zero-order valence-corrected chi connectivity index (χ0v) is 15.9. The molecule has 0 bridgehead atoms. The molecule has 0 atom stereocenters. The minimum absolute atomic E-state index is 0.130. The van der Waals surface area contributed by atoms with Gasteiger partial charge < -0.3 is 9.64 Å². The third-order valence-electron chi connectivity index (χ3n) is 4.27. The van der Waals surface area contributed by atoms with Gasteiger partial charge in [0.15, 0.2) is 0 Å². The molecule has 0 saturated carbocycles. The number of ether oxygens (including phenoxy) is 1. The number of nitrogens with zero attached hydrogens (tertiary/aromatic N) is 2. The molecule has 5 nitrogen and oxygen atoms in total. The highest BCUT2D eigenvalue weighted by molar-refractivity contribution is 7.89. The van der Waals surface area contributed by atoms with Crippen molar-refractivity contribution in [2.75, 3.05) is 37.7 Å². The van der Waals surface area contributed by atoms with E-state index >= 15 is 0 Å². The van der Waals surface area contributed by atoms with E-state index in [0.29, 0.717) is 31.1 Å². The van der Waals surface area contributed by atoms with E-state index < -0.39 is 10.0 Å². The predicted octanol–water partition coefficient (Wildman–Crippen LogP) is 3.39. The maximum absolute atomic E-state index is 13.9. The smallest absolute Gasteiger partial charge is 0.243 e. The first-order valence-electron chi connectivity index (χ1n) is 8.35. The van der Waals surface area contributed by atoms with Crippen molar-refractivity contribution in [1.82, 2.24) is 4.31 Å². The lowest BCUT2D eigenvalue weighted by Gasteiger charge is -2.35. The molecule has 0 N–H and O–H groups in total. The highest BCUT2D eigenvalue weighted by Gasteiger charge is 2.29. The highest BCUT2D eigenvalue weighted by Crippen LogP contribution is 2.29. The first-order valence-corrected chi connectivity index (χ1v) is 10.2. The largest absolute Gasteiger partial charge is 0.492 e. The Kier molecular flexibility index (Phi) is 5.70. The van der Waals surface area contributed by atoms with Crippen LogP contribution in [-0.2, 0) is 10.0 Å². The third-order valence-corrected chi connectivity index (χ3v) is 6.46. The van der Waals surface area contributed by atoms with Crippen molar-refractivity contribution < 1.29 is 17.5 Å². The summed E-state index contributed by atoms with van der Waals surface area (Å²) in [6, 6.07) is 11.0. The van der Waals surface area contributed by atoms with Crippen LogP contribution in [0.2, 0.25) is 5.02 Å². The number of hydrogen-bond acceptors (Lipinski definition) is 4. The average molecular weight is 399 g/mol. The van der Waals surface area contributed by atoms with Crippen molar-refractivity contribution in [3.63, 3.8) is 0 Å². The highest BCUT2D eigenvalue weighted by atomic mass is 35.5. The van der Waals surface area contributed by atoms with Gasteiger partial charge in [0.1, 0.15) is 11.6 Å². The zero-order valence-electron chi connectivity index (χ0n) is 14.4. The Hall–Kier alpha value is -1.83. The van der Waals surface area contributed by atoms with Crippen LogP contribution in [0.5, 0.6) is 5.75 Å². The monoisotopic (exact) mass is 398 g/mol. The molecule has 3 rings (SSSR count).